The van der Waals surface area contributed by atoms with Crippen LogP contribution in [0.5, 0.6) is 0 Å². The molecule has 0 fully saturated rings. The van der Waals surface area contributed by atoms with Gasteiger partial charge in [-0.05, 0) is 24.6 Å². The molecule has 0 atom stereocenters. The van der Waals surface area contributed by atoms with Crippen LogP contribution in [0.2, 0.25) is 0 Å². The molecule has 0 saturated carbocycles. The molecule has 20 heavy (non-hydrogen) atoms. The number of aryl methyl sites for hydroxylation is 1. The summed E-state index contributed by atoms with van der Waals surface area (Å²) < 4.78 is 0. The summed E-state index contributed by atoms with van der Waals surface area (Å²) in [7, 11) is 0. The van der Waals surface area contributed by atoms with E-state index in [1.165, 1.54) is 12.5 Å². The number of carbonyl (C=O) groups excluding carboxylic acids is 1. The number of nitrogens with one attached hydrogen (secondary N) is 2. The van der Waals surface area contributed by atoms with Gasteiger partial charge in [0.15, 0.2) is 0 Å². The highest BCUT2D eigenvalue weighted by Gasteiger charge is 1.99. The molecule has 1 aromatic heterocycles. The normalized spacial score (nSPS) is 9.90. The van der Waals surface area contributed by atoms with E-state index in [0.29, 0.717) is 0 Å². The molecule has 108 valence electrons. The second-order valence-electron chi connectivity index (χ2n) is 4.34. The highest BCUT2D eigenvalue weighted by molar-refractivity contribution is 7.09. The van der Waals surface area contributed by atoms with E-state index in [0.717, 1.165) is 29.5 Å². The van der Waals surface area contributed by atoms with Crippen molar-refractivity contribution in [2.75, 3.05) is 5.32 Å². The lowest BCUT2D eigenvalue weighted by Gasteiger charge is -2.05. The van der Waals surface area contributed by atoms with Crippen molar-refractivity contribution < 1.29 is 4.79 Å². The smallest absolute Gasteiger partial charge is 0.221 e. The summed E-state index contributed by atoms with van der Waals surface area (Å²) in [4.78, 5) is 15.3. The average molecular weight is 312 g/mol. The lowest BCUT2D eigenvalue weighted by atomic mass is 10.2. The van der Waals surface area contributed by atoms with Crippen LogP contribution in [-0.2, 0) is 17.9 Å². The molecule has 0 spiro atoms. The summed E-state index contributed by atoms with van der Waals surface area (Å²) in [5.41, 5.74) is 3.09. The number of hydrogen-bond donors (Lipinski definition) is 2. The lowest BCUT2D eigenvalue weighted by molar-refractivity contribution is -0.114. The van der Waals surface area contributed by atoms with Crippen LogP contribution < -0.4 is 10.6 Å². The van der Waals surface area contributed by atoms with Gasteiger partial charge in [-0.2, -0.15) is 0 Å². The van der Waals surface area contributed by atoms with Crippen LogP contribution in [0.1, 0.15) is 23.2 Å². The molecule has 0 aliphatic rings. The van der Waals surface area contributed by atoms with Crippen molar-refractivity contribution >= 4 is 35.3 Å². The van der Waals surface area contributed by atoms with Gasteiger partial charge in [-0.15, -0.1) is 23.7 Å². The average Bonchev–Trinajstić information content (AvgIpc) is 2.77. The number of rotatable bonds is 5. The third-order valence-corrected chi connectivity index (χ3v) is 3.40. The minimum atomic E-state index is -0.0511. The van der Waals surface area contributed by atoms with Gasteiger partial charge in [0.05, 0.1) is 10.7 Å². The van der Waals surface area contributed by atoms with Crippen LogP contribution in [0.15, 0.2) is 29.6 Å². The van der Waals surface area contributed by atoms with Crippen LogP contribution >= 0.6 is 23.7 Å². The van der Waals surface area contributed by atoms with Crippen molar-refractivity contribution in [3.63, 3.8) is 0 Å². The number of nitrogens with zero attached hydrogens (tertiary/aromatic N) is 1. The Kier molecular flexibility index (Phi) is 6.64. The van der Waals surface area contributed by atoms with Crippen molar-refractivity contribution in [1.29, 1.82) is 0 Å². The Bertz CT molecular complexity index is 554. The van der Waals surface area contributed by atoms with Crippen molar-refractivity contribution in [1.82, 2.24) is 10.3 Å². The molecule has 0 bridgehead atoms. The number of benzene rings is 1. The van der Waals surface area contributed by atoms with E-state index >= 15 is 0 Å². The standard InChI is InChI=1S/C14H17N3OS.ClH/c1-10(18)16-13-5-3-12(4-6-13)7-15-8-14-9-19-11(2)17-14;/h3-6,9,15H,7-8H2,1-2H3,(H,16,18);1H. The predicted molar refractivity (Wildman–Crippen MR) is 85.4 cm³/mol. The minimum Gasteiger partial charge on any atom is -0.326 e. The quantitative estimate of drug-likeness (QED) is 0.892. The van der Waals surface area contributed by atoms with E-state index in [4.69, 9.17) is 0 Å². The Morgan fingerprint density at radius 1 is 1.25 bits per heavy atom. The molecule has 1 aromatic carbocycles. The Labute approximate surface area is 129 Å². The summed E-state index contributed by atoms with van der Waals surface area (Å²) in [5.74, 6) is -0.0511. The molecule has 4 nitrogen and oxygen atoms in total. The molecular weight excluding hydrogens is 294 g/mol. The van der Waals surface area contributed by atoms with Crippen LogP contribution in [0.25, 0.3) is 0 Å². The second kappa shape index (κ2) is 7.99. The Morgan fingerprint density at radius 2 is 1.95 bits per heavy atom. The van der Waals surface area contributed by atoms with Crippen molar-refractivity contribution in [3.8, 4) is 0 Å². The van der Waals surface area contributed by atoms with Crippen LogP contribution in [0, 0.1) is 6.92 Å². The first-order valence-electron chi connectivity index (χ1n) is 6.12. The van der Waals surface area contributed by atoms with E-state index < -0.39 is 0 Å². The fraction of sp³-hybridized carbons (Fsp3) is 0.286. The lowest BCUT2D eigenvalue weighted by Crippen LogP contribution is -2.13. The SMILES string of the molecule is CC(=O)Nc1ccc(CNCc2csc(C)n2)cc1.Cl. The van der Waals surface area contributed by atoms with E-state index in [1.54, 1.807) is 11.3 Å². The first-order chi connectivity index (χ1) is 9.13. The van der Waals surface area contributed by atoms with E-state index in [9.17, 15) is 4.79 Å². The second-order valence-corrected chi connectivity index (χ2v) is 5.40. The molecule has 0 aliphatic heterocycles. The Balaban J connectivity index is 0.00000200. The Morgan fingerprint density at radius 3 is 2.50 bits per heavy atom. The molecule has 1 heterocycles. The van der Waals surface area contributed by atoms with Gasteiger partial charge in [0.1, 0.15) is 0 Å². The fourth-order valence-corrected chi connectivity index (χ4v) is 2.35. The summed E-state index contributed by atoms with van der Waals surface area (Å²) in [5, 5.41) is 9.26. The highest BCUT2D eigenvalue weighted by Crippen LogP contribution is 2.10. The number of amides is 1. The highest BCUT2D eigenvalue weighted by atomic mass is 35.5. The van der Waals surface area contributed by atoms with Crippen molar-refractivity contribution in [3.05, 3.63) is 45.9 Å². The molecule has 0 unspecified atom stereocenters. The van der Waals surface area contributed by atoms with E-state index in [1.807, 2.05) is 31.2 Å². The number of thiazole rings is 1. The molecule has 6 heteroatoms. The largest absolute Gasteiger partial charge is 0.326 e. The minimum absolute atomic E-state index is 0. The van der Waals surface area contributed by atoms with Crippen LogP contribution in [0.3, 0.4) is 0 Å². The van der Waals surface area contributed by atoms with Gasteiger partial charge in [-0.25, -0.2) is 4.98 Å². The first kappa shape index (κ1) is 16.6. The Hall–Kier alpha value is -1.43. The van der Waals surface area contributed by atoms with Crippen LogP contribution in [-0.4, -0.2) is 10.9 Å². The van der Waals surface area contributed by atoms with Gasteiger partial charge in [0.25, 0.3) is 0 Å². The molecule has 1 amide bonds. The third-order valence-electron chi connectivity index (χ3n) is 2.58. The number of aromatic nitrogens is 1. The van der Waals surface area contributed by atoms with Gasteiger partial charge in [-0.1, -0.05) is 12.1 Å². The zero-order valence-electron chi connectivity index (χ0n) is 11.5. The maximum absolute atomic E-state index is 10.9. The molecule has 2 N–H and O–H groups in total. The number of hydrogen-bond acceptors (Lipinski definition) is 4. The molecule has 2 aromatic rings. The van der Waals surface area contributed by atoms with Gasteiger partial charge < -0.3 is 10.6 Å². The van der Waals surface area contributed by atoms with Crippen molar-refractivity contribution in [2.45, 2.75) is 26.9 Å². The molecule has 0 radical (unpaired) electrons. The molecular formula is C14H18ClN3OS. The summed E-state index contributed by atoms with van der Waals surface area (Å²) in [6.07, 6.45) is 0. The van der Waals surface area contributed by atoms with Gasteiger partial charge in [-0.3, -0.25) is 4.79 Å². The zero-order valence-corrected chi connectivity index (χ0v) is 13.1. The monoisotopic (exact) mass is 311 g/mol. The number of anilines is 1. The summed E-state index contributed by atoms with van der Waals surface area (Å²) in [6, 6.07) is 7.83. The van der Waals surface area contributed by atoms with Gasteiger partial charge in [0.2, 0.25) is 5.91 Å². The van der Waals surface area contributed by atoms with Gasteiger partial charge in [0, 0.05) is 31.1 Å². The number of halogens is 1. The summed E-state index contributed by atoms with van der Waals surface area (Å²) >= 11 is 1.67. The molecule has 2 rings (SSSR count). The van der Waals surface area contributed by atoms with E-state index in [2.05, 4.69) is 21.0 Å². The maximum Gasteiger partial charge on any atom is 0.221 e. The molecule has 0 saturated heterocycles. The summed E-state index contributed by atoms with van der Waals surface area (Å²) in [6.45, 7) is 5.08. The van der Waals surface area contributed by atoms with Crippen molar-refractivity contribution in [2.24, 2.45) is 0 Å². The third kappa shape index (κ3) is 5.28. The van der Waals surface area contributed by atoms with E-state index in [-0.39, 0.29) is 18.3 Å². The predicted octanol–water partition coefficient (Wildman–Crippen LogP) is 3.12. The maximum atomic E-state index is 10.9. The van der Waals surface area contributed by atoms with Gasteiger partial charge >= 0.3 is 0 Å². The first-order valence-corrected chi connectivity index (χ1v) is 7.00. The zero-order chi connectivity index (χ0) is 13.7. The molecule has 0 aliphatic carbocycles. The topological polar surface area (TPSA) is 54.0 Å². The number of carbonyl (C=O) groups is 1. The fourth-order valence-electron chi connectivity index (χ4n) is 1.73. The van der Waals surface area contributed by atoms with Crippen LogP contribution in [0.4, 0.5) is 5.69 Å².